The summed E-state index contributed by atoms with van der Waals surface area (Å²) in [7, 11) is 1.31. The van der Waals surface area contributed by atoms with Crippen molar-refractivity contribution in [3.05, 3.63) is 29.3 Å². The van der Waals surface area contributed by atoms with Crippen LogP contribution in [0.25, 0.3) is 0 Å². The lowest BCUT2D eigenvalue weighted by atomic mass is 9.91. The number of likely N-dealkylation sites (tertiary alicyclic amines) is 1. The van der Waals surface area contributed by atoms with Gasteiger partial charge in [0, 0.05) is 36.8 Å². The van der Waals surface area contributed by atoms with E-state index in [1.54, 1.807) is 0 Å². The van der Waals surface area contributed by atoms with Crippen LogP contribution in [-0.2, 0) is 20.7 Å². The molecular weight excluding hydrogens is 342 g/mol. The number of hydrogen-bond donors (Lipinski definition) is 1. The van der Waals surface area contributed by atoms with Crippen LogP contribution < -0.4 is 4.90 Å². The van der Waals surface area contributed by atoms with Crippen molar-refractivity contribution in [2.24, 2.45) is 0 Å². The van der Waals surface area contributed by atoms with Crippen LogP contribution in [0, 0.1) is 12.3 Å². The summed E-state index contributed by atoms with van der Waals surface area (Å²) in [5.41, 5.74) is 3.09. The van der Waals surface area contributed by atoms with Crippen LogP contribution in [0.2, 0.25) is 0 Å². The molecule has 0 bridgehead atoms. The Morgan fingerprint density at radius 1 is 1.30 bits per heavy atom. The number of carbonyl (C=O) groups is 2. The number of methoxy groups -OCH3 is 1. The van der Waals surface area contributed by atoms with E-state index in [4.69, 9.17) is 5.41 Å². The summed E-state index contributed by atoms with van der Waals surface area (Å²) >= 11 is 0. The number of piperidine rings is 1. The third-order valence-electron chi connectivity index (χ3n) is 5.84. The molecule has 2 heterocycles. The smallest absolute Gasteiger partial charge is 0.351 e. The van der Waals surface area contributed by atoms with Crippen LogP contribution in [0.5, 0.6) is 0 Å². The highest BCUT2D eigenvalue weighted by Crippen LogP contribution is 2.35. The van der Waals surface area contributed by atoms with Crippen molar-refractivity contribution >= 4 is 23.3 Å². The molecule has 1 N–H and O–H groups in total. The fraction of sp³-hybridized carbons (Fsp3) is 0.571. The maximum absolute atomic E-state index is 12.6. The van der Waals surface area contributed by atoms with Gasteiger partial charge in [-0.3, -0.25) is 15.1 Å². The van der Waals surface area contributed by atoms with E-state index < -0.39 is 5.97 Å². The van der Waals surface area contributed by atoms with Gasteiger partial charge in [0.25, 0.3) is 0 Å². The first-order valence-corrected chi connectivity index (χ1v) is 9.55. The molecule has 6 heteroatoms. The molecule has 0 radical (unpaired) electrons. The first kappa shape index (κ1) is 19.5. The fourth-order valence-electron chi connectivity index (χ4n) is 4.30. The van der Waals surface area contributed by atoms with Gasteiger partial charge in [-0.05, 0) is 50.8 Å². The van der Waals surface area contributed by atoms with Gasteiger partial charge in [-0.1, -0.05) is 12.1 Å². The van der Waals surface area contributed by atoms with Crippen molar-refractivity contribution in [2.75, 3.05) is 25.1 Å². The molecule has 0 unspecified atom stereocenters. The Balaban J connectivity index is 1.66. The number of anilines is 1. The van der Waals surface area contributed by atoms with Crippen molar-refractivity contribution in [3.8, 4) is 0 Å². The third-order valence-corrected chi connectivity index (χ3v) is 5.84. The molecule has 0 aromatic heterocycles. The first-order valence-electron chi connectivity index (χ1n) is 9.55. The Labute approximate surface area is 161 Å². The highest BCUT2D eigenvalue weighted by atomic mass is 16.5. The summed E-state index contributed by atoms with van der Waals surface area (Å²) in [6.45, 7) is 7.87. The summed E-state index contributed by atoms with van der Waals surface area (Å²) in [6.07, 6.45) is 2.65. The lowest BCUT2D eigenvalue weighted by Gasteiger charge is -2.44. The van der Waals surface area contributed by atoms with Crippen LogP contribution in [0.1, 0.15) is 44.2 Å². The van der Waals surface area contributed by atoms with Gasteiger partial charge in [-0.25, -0.2) is 4.79 Å². The zero-order chi connectivity index (χ0) is 19.8. The molecule has 6 nitrogen and oxygen atoms in total. The molecule has 1 fully saturated rings. The van der Waals surface area contributed by atoms with Crippen LogP contribution in [-0.4, -0.2) is 54.3 Å². The average Bonchev–Trinajstić information content (AvgIpc) is 2.95. The van der Waals surface area contributed by atoms with Crippen LogP contribution in [0.3, 0.4) is 0 Å². The van der Waals surface area contributed by atoms with Gasteiger partial charge in [0.05, 0.1) is 13.5 Å². The molecule has 0 atom stereocenters. The lowest BCUT2D eigenvalue weighted by Crippen LogP contribution is -2.53. The Morgan fingerprint density at radius 3 is 2.59 bits per heavy atom. The zero-order valence-corrected chi connectivity index (χ0v) is 16.7. The molecule has 0 spiro atoms. The number of carbonyl (C=O) groups excluding carboxylic acids is 2. The van der Waals surface area contributed by atoms with E-state index in [-0.39, 0.29) is 23.2 Å². The Morgan fingerprint density at radius 2 is 1.96 bits per heavy atom. The fourth-order valence-corrected chi connectivity index (χ4v) is 4.30. The van der Waals surface area contributed by atoms with Gasteiger partial charge in [0.15, 0.2) is 0 Å². The Bertz CT molecular complexity index is 764. The molecule has 0 aliphatic carbocycles. The second-order valence-corrected chi connectivity index (χ2v) is 8.25. The number of esters is 1. The summed E-state index contributed by atoms with van der Waals surface area (Å²) in [5, 5.41) is 7.92. The Hall–Kier alpha value is -2.21. The van der Waals surface area contributed by atoms with Crippen molar-refractivity contribution < 1.29 is 14.3 Å². The normalized spacial score (nSPS) is 18.5. The first-order chi connectivity index (χ1) is 12.7. The van der Waals surface area contributed by atoms with E-state index in [0.717, 1.165) is 37.2 Å². The number of amides is 1. The van der Waals surface area contributed by atoms with Gasteiger partial charge >= 0.3 is 5.97 Å². The summed E-state index contributed by atoms with van der Waals surface area (Å²) in [5.74, 6) is -0.367. The number of benzene rings is 1. The average molecular weight is 371 g/mol. The zero-order valence-electron chi connectivity index (χ0n) is 16.7. The minimum atomic E-state index is -0.562. The largest absolute Gasteiger partial charge is 0.465 e. The van der Waals surface area contributed by atoms with E-state index in [1.807, 2.05) is 4.90 Å². The van der Waals surface area contributed by atoms with Gasteiger partial charge in [0.2, 0.25) is 5.91 Å². The van der Waals surface area contributed by atoms with E-state index in [9.17, 15) is 9.59 Å². The molecule has 3 rings (SSSR count). The van der Waals surface area contributed by atoms with E-state index >= 15 is 0 Å². The number of fused-ring (bicyclic) bond motifs is 1. The van der Waals surface area contributed by atoms with Gasteiger partial charge < -0.3 is 9.64 Å². The predicted octanol–water partition coefficient (Wildman–Crippen LogP) is 2.71. The summed E-state index contributed by atoms with van der Waals surface area (Å²) in [6, 6.07) is 6.47. The molecule has 2 aliphatic heterocycles. The van der Waals surface area contributed by atoms with E-state index in [0.29, 0.717) is 12.8 Å². The second-order valence-electron chi connectivity index (χ2n) is 8.25. The molecule has 0 saturated carbocycles. The van der Waals surface area contributed by atoms with Crippen LogP contribution in [0.4, 0.5) is 5.69 Å². The monoisotopic (exact) mass is 371 g/mol. The molecular formula is C21H29N3O3. The number of nitrogens with zero attached hydrogens (tertiary/aromatic N) is 2. The molecule has 1 aromatic rings. The number of nitrogens with one attached hydrogen (secondary N) is 1. The minimum Gasteiger partial charge on any atom is -0.465 e. The topological polar surface area (TPSA) is 73.7 Å². The van der Waals surface area contributed by atoms with E-state index in [1.165, 1.54) is 12.7 Å². The van der Waals surface area contributed by atoms with Crippen molar-refractivity contribution in [2.45, 2.75) is 58.0 Å². The molecule has 146 valence electrons. The number of aryl methyl sites for hydroxylation is 1. The van der Waals surface area contributed by atoms with Crippen molar-refractivity contribution in [3.63, 3.8) is 0 Å². The standard InChI is InChI=1S/C21H29N3O3/c1-14-5-6-15-12-19(25)24(18(15)11-14)16-7-9-23(10-8-16)21(2,3)13-17(22)20(26)27-4/h5-6,11,16,22H,7-10,12-13H2,1-4H3. The number of hydrogen-bond acceptors (Lipinski definition) is 5. The van der Waals surface area contributed by atoms with Crippen molar-refractivity contribution in [1.82, 2.24) is 4.90 Å². The van der Waals surface area contributed by atoms with Crippen molar-refractivity contribution in [1.29, 1.82) is 5.41 Å². The highest BCUT2D eigenvalue weighted by Gasteiger charge is 2.38. The summed E-state index contributed by atoms with van der Waals surface area (Å²) in [4.78, 5) is 28.5. The maximum atomic E-state index is 12.6. The van der Waals surface area contributed by atoms with Gasteiger partial charge in [-0.15, -0.1) is 0 Å². The quantitative estimate of drug-likeness (QED) is 0.638. The predicted molar refractivity (Wildman–Crippen MR) is 105 cm³/mol. The highest BCUT2D eigenvalue weighted by molar-refractivity contribution is 6.35. The molecule has 2 aliphatic rings. The summed E-state index contributed by atoms with van der Waals surface area (Å²) < 4.78 is 4.66. The number of ether oxygens (including phenoxy) is 1. The number of rotatable bonds is 5. The molecule has 27 heavy (non-hydrogen) atoms. The van der Waals surface area contributed by atoms with Crippen LogP contribution in [0.15, 0.2) is 18.2 Å². The lowest BCUT2D eigenvalue weighted by molar-refractivity contribution is -0.133. The maximum Gasteiger partial charge on any atom is 0.351 e. The third kappa shape index (κ3) is 3.90. The SMILES string of the molecule is COC(=O)C(=N)CC(C)(C)N1CCC(N2C(=O)Cc3ccc(C)cc32)CC1. The molecule has 1 saturated heterocycles. The molecule has 1 amide bonds. The minimum absolute atomic E-state index is 0.00347. The van der Waals surface area contributed by atoms with Gasteiger partial charge in [-0.2, -0.15) is 0 Å². The van der Waals surface area contributed by atoms with E-state index in [2.05, 4.69) is 48.6 Å². The Kier molecular flexibility index (Phi) is 5.38. The molecule has 1 aromatic carbocycles. The van der Waals surface area contributed by atoms with Crippen LogP contribution >= 0.6 is 0 Å². The second kappa shape index (κ2) is 7.43. The van der Waals surface area contributed by atoms with Gasteiger partial charge in [0.1, 0.15) is 5.71 Å².